The number of allylic oxidation sites excluding steroid dienone is 1. The molecule has 1 rings (SSSR count). The minimum Gasteiger partial charge on any atom is -0.242 e. The summed E-state index contributed by atoms with van der Waals surface area (Å²) in [5, 5.41) is 0. The Morgan fingerprint density at radius 2 is 1.92 bits per heavy atom. The third-order valence-corrected chi connectivity index (χ3v) is 1.56. The Kier molecular flexibility index (Phi) is 2.97. The maximum Gasteiger partial charge on any atom is 0.131 e. The Hall–Kier alpha value is -1.18. The zero-order valence-corrected chi connectivity index (χ0v) is 6.63. The van der Waals surface area contributed by atoms with Gasteiger partial charge in [-0.15, -0.1) is 0 Å². The summed E-state index contributed by atoms with van der Waals surface area (Å²) in [6, 6.07) is 8.51. The van der Waals surface area contributed by atoms with Gasteiger partial charge in [-0.2, -0.15) is 0 Å². The van der Waals surface area contributed by atoms with Gasteiger partial charge >= 0.3 is 0 Å². The van der Waals surface area contributed by atoms with Crippen molar-refractivity contribution in [3.05, 3.63) is 48.3 Å². The maximum absolute atomic E-state index is 13.1. The number of alkyl halides is 1. The summed E-state index contributed by atoms with van der Waals surface area (Å²) >= 11 is 0. The Morgan fingerprint density at radius 3 is 2.42 bits per heavy atom. The molecule has 0 saturated carbocycles. The second-order valence-corrected chi connectivity index (χ2v) is 2.60. The molecular formula is C10H10F2. The lowest BCUT2D eigenvalue weighted by Gasteiger charge is -2.05. The molecule has 0 spiro atoms. The lowest BCUT2D eigenvalue weighted by atomic mass is 10.1. The van der Waals surface area contributed by atoms with E-state index in [9.17, 15) is 8.78 Å². The van der Waals surface area contributed by atoms with Crippen LogP contribution in [0.4, 0.5) is 8.78 Å². The quantitative estimate of drug-likeness (QED) is 0.647. The molecule has 0 saturated heterocycles. The number of hydrogen-bond donors (Lipinski definition) is 0. The highest BCUT2D eigenvalue weighted by molar-refractivity contribution is 5.18. The van der Waals surface area contributed by atoms with Gasteiger partial charge in [0.15, 0.2) is 0 Å². The number of rotatable bonds is 3. The molecule has 1 aromatic rings. The SMILES string of the molecule is C=C(F)CC(F)c1ccccc1. The van der Waals surface area contributed by atoms with Gasteiger partial charge in [0.05, 0.1) is 5.83 Å². The average Bonchev–Trinajstić information content (AvgIpc) is 2.05. The maximum atomic E-state index is 13.1. The van der Waals surface area contributed by atoms with E-state index in [0.29, 0.717) is 5.56 Å². The van der Waals surface area contributed by atoms with Crippen molar-refractivity contribution in [1.29, 1.82) is 0 Å². The molecule has 0 aliphatic rings. The zero-order valence-electron chi connectivity index (χ0n) is 6.63. The van der Waals surface area contributed by atoms with Crippen LogP contribution in [0.1, 0.15) is 18.2 Å². The molecular weight excluding hydrogens is 158 g/mol. The van der Waals surface area contributed by atoms with E-state index in [-0.39, 0.29) is 6.42 Å². The first-order chi connectivity index (χ1) is 5.70. The summed E-state index contributed by atoms with van der Waals surface area (Å²) in [6.07, 6.45) is -1.52. The molecule has 1 unspecified atom stereocenters. The van der Waals surface area contributed by atoms with E-state index in [1.807, 2.05) is 0 Å². The fraction of sp³-hybridized carbons (Fsp3) is 0.200. The molecule has 0 amide bonds. The third-order valence-electron chi connectivity index (χ3n) is 1.56. The molecule has 0 aliphatic heterocycles. The Labute approximate surface area is 70.5 Å². The smallest absolute Gasteiger partial charge is 0.131 e. The molecule has 2 heteroatoms. The van der Waals surface area contributed by atoms with E-state index in [1.54, 1.807) is 30.3 Å². The van der Waals surface area contributed by atoms with Gasteiger partial charge in [0.25, 0.3) is 0 Å². The van der Waals surface area contributed by atoms with E-state index in [2.05, 4.69) is 6.58 Å². The van der Waals surface area contributed by atoms with E-state index in [4.69, 9.17) is 0 Å². The highest BCUT2D eigenvalue weighted by Gasteiger charge is 2.09. The second-order valence-electron chi connectivity index (χ2n) is 2.60. The average molecular weight is 168 g/mol. The van der Waals surface area contributed by atoms with Crippen LogP contribution >= 0.6 is 0 Å². The molecule has 0 N–H and O–H groups in total. The van der Waals surface area contributed by atoms with Crippen LogP contribution in [0.2, 0.25) is 0 Å². The first-order valence-corrected chi connectivity index (χ1v) is 3.72. The van der Waals surface area contributed by atoms with Crippen LogP contribution in [-0.2, 0) is 0 Å². The molecule has 0 fully saturated rings. The monoisotopic (exact) mass is 168 g/mol. The van der Waals surface area contributed by atoms with Gasteiger partial charge in [0, 0.05) is 6.42 Å². The molecule has 1 aromatic carbocycles. The minimum absolute atomic E-state index is 0.246. The number of hydrogen-bond acceptors (Lipinski definition) is 0. The van der Waals surface area contributed by atoms with Crippen molar-refractivity contribution in [2.75, 3.05) is 0 Å². The summed E-state index contributed by atoms with van der Waals surface area (Å²) in [7, 11) is 0. The summed E-state index contributed by atoms with van der Waals surface area (Å²) in [6.45, 7) is 3.01. The van der Waals surface area contributed by atoms with E-state index < -0.39 is 12.0 Å². The Bertz CT molecular complexity index is 254. The van der Waals surface area contributed by atoms with Crippen LogP contribution in [0.3, 0.4) is 0 Å². The molecule has 0 aliphatic carbocycles. The van der Waals surface area contributed by atoms with Gasteiger partial charge in [-0.25, -0.2) is 8.78 Å². The van der Waals surface area contributed by atoms with Crippen LogP contribution in [0, 0.1) is 0 Å². The van der Waals surface area contributed by atoms with Crippen LogP contribution in [0.5, 0.6) is 0 Å². The van der Waals surface area contributed by atoms with Crippen molar-refractivity contribution in [3.8, 4) is 0 Å². The van der Waals surface area contributed by atoms with Crippen LogP contribution < -0.4 is 0 Å². The molecule has 12 heavy (non-hydrogen) atoms. The fourth-order valence-electron chi connectivity index (χ4n) is 0.974. The standard InChI is InChI=1S/C10H10F2/c1-8(11)7-10(12)9-5-3-2-4-6-9/h2-6,10H,1,7H2. The van der Waals surface area contributed by atoms with Crippen molar-refractivity contribution in [1.82, 2.24) is 0 Å². The highest BCUT2D eigenvalue weighted by atomic mass is 19.1. The summed E-state index contributed by atoms with van der Waals surface area (Å²) in [5.41, 5.74) is 0.497. The van der Waals surface area contributed by atoms with Gasteiger partial charge in [-0.1, -0.05) is 36.9 Å². The van der Waals surface area contributed by atoms with Gasteiger partial charge in [-0.3, -0.25) is 0 Å². The Balaban J connectivity index is 2.65. The van der Waals surface area contributed by atoms with E-state index >= 15 is 0 Å². The Morgan fingerprint density at radius 1 is 1.33 bits per heavy atom. The number of halogens is 2. The first kappa shape index (κ1) is 8.91. The van der Waals surface area contributed by atoms with Crippen molar-refractivity contribution in [2.24, 2.45) is 0 Å². The summed E-state index contributed by atoms with van der Waals surface area (Å²) in [4.78, 5) is 0. The normalized spacial score (nSPS) is 12.5. The largest absolute Gasteiger partial charge is 0.242 e. The van der Waals surface area contributed by atoms with Gasteiger partial charge in [0.2, 0.25) is 0 Å². The molecule has 0 radical (unpaired) electrons. The van der Waals surface area contributed by atoms with Crippen LogP contribution in [0.15, 0.2) is 42.7 Å². The first-order valence-electron chi connectivity index (χ1n) is 3.72. The van der Waals surface area contributed by atoms with Gasteiger partial charge in [-0.05, 0) is 5.56 Å². The van der Waals surface area contributed by atoms with Crippen molar-refractivity contribution in [2.45, 2.75) is 12.6 Å². The highest BCUT2D eigenvalue weighted by Crippen LogP contribution is 2.24. The summed E-state index contributed by atoms with van der Waals surface area (Å²) in [5.74, 6) is -0.619. The molecule has 1 atom stereocenters. The van der Waals surface area contributed by atoms with Crippen molar-refractivity contribution in [3.63, 3.8) is 0 Å². The molecule has 0 bridgehead atoms. The fourth-order valence-corrected chi connectivity index (χ4v) is 0.974. The molecule has 0 nitrogen and oxygen atoms in total. The van der Waals surface area contributed by atoms with Crippen molar-refractivity contribution < 1.29 is 8.78 Å². The lowest BCUT2D eigenvalue weighted by Crippen LogP contribution is -1.90. The van der Waals surface area contributed by atoms with E-state index in [0.717, 1.165) is 0 Å². The van der Waals surface area contributed by atoms with Crippen LogP contribution in [0.25, 0.3) is 0 Å². The zero-order chi connectivity index (χ0) is 8.97. The lowest BCUT2D eigenvalue weighted by molar-refractivity contribution is 0.323. The molecule has 64 valence electrons. The predicted molar refractivity (Wildman–Crippen MR) is 45.2 cm³/mol. The molecule has 0 heterocycles. The number of benzene rings is 1. The summed E-state index contributed by atoms with van der Waals surface area (Å²) < 4.78 is 25.3. The van der Waals surface area contributed by atoms with E-state index in [1.165, 1.54) is 0 Å². The van der Waals surface area contributed by atoms with Crippen LogP contribution in [-0.4, -0.2) is 0 Å². The topological polar surface area (TPSA) is 0 Å². The second kappa shape index (κ2) is 4.00. The molecule has 0 aromatic heterocycles. The third kappa shape index (κ3) is 2.46. The van der Waals surface area contributed by atoms with Gasteiger partial charge in [0.1, 0.15) is 6.17 Å². The van der Waals surface area contributed by atoms with Crippen molar-refractivity contribution >= 4 is 0 Å². The predicted octanol–water partition coefficient (Wildman–Crippen LogP) is 3.57. The van der Waals surface area contributed by atoms with Gasteiger partial charge < -0.3 is 0 Å². The minimum atomic E-state index is -1.27.